The fourth-order valence-corrected chi connectivity index (χ4v) is 4.54. The number of rotatable bonds is 4. The maximum absolute atomic E-state index is 13.0. The molecule has 1 aromatic heterocycles. The lowest BCUT2D eigenvalue weighted by Gasteiger charge is -2.39. The number of carbonyl (C=O) groups excluding carboxylic acids is 2. The summed E-state index contributed by atoms with van der Waals surface area (Å²) in [5.74, 6) is 0.790. The first-order chi connectivity index (χ1) is 15.0. The Morgan fingerprint density at radius 3 is 2.32 bits per heavy atom. The van der Waals surface area contributed by atoms with Crippen molar-refractivity contribution in [1.29, 1.82) is 0 Å². The fourth-order valence-electron chi connectivity index (χ4n) is 4.32. The Kier molecular flexibility index (Phi) is 6.57. The lowest BCUT2D eigenvalue weighted by atomic mass is 10.1. The van der Waals surface area contributed by atoms with Crippen LogP contribution in [0, 0.1) is 6.92 Å². The van der Waals surface area contributed by atoms with Crippen molar-refractivity contribution in [2.24, 2.45) is 0 Å². The third kappa shape index (κ3) is 4.60. The number of amides is 2. The zero-order valence-electron chi connectivity index (χ0n) is 18.1. The molecule has 3 heterocycles. The van der Waals surface area contributed by atoms with Crippen LogP contribution in [0.25, 0.3) is 5.69 Å². The highest BCUT2D eigenvalue weighted by Crippen LogP contribution is 2.21. The van der Waals surface area contributed by atoms with E-state index in [-0.39, 0.29) is 23.7 Å². The molecule has 2 amide bonds. The summed E-state index contributed by atoms with van der Waals surface area (Å²) in [5.41, 5.74) is 0.697. The van der Waals surface area contributed by atoms with E-state index < -0.39 is 0 Å². The molecule has 2 aliphatic heterocycles. The van der Waals surface area contributed by atoms with E-state index in [4.69, 9.17) is 11.6 Å². The minimum atomic E-state index is -0.191. The number of hydrogen-bond donors (Lipinski definition) is 0. The molecule has 0 bridgehead atoms. The second-order valence-corrected chi connectivity index (χ2v) is 8.64. The molecule has 1 aromatic carbocycles. The molecule has 0 aliphatic carbocycles. The van der Waals surface area contributed by atoms with Crippen LogP contribution in [0.15, 0.2) is 24.3 Å². The van der Waals surface area contributed by atoms with Crippen molar-refractivity contribution in [3.8, 4) is 5.69 Å². The maximum Gasteiger partial charge on any atom is 0.293 e. The molecule has 0 spiro atoms. The Hall–Kier alpha value is -2.45. The van der Waals surface area contributed by atoms with E-state index in [0.29, 0.717) is 42.7 Å². The van der Waals surface area contributed by atoms with Gasteiger partial charge < -0.3 is 9.80 Å². The van der Waals surface area contributed by atoms with E-state index in [0.717, 1.165) is 25.9 Å². The molecule has 0 N–H and O–H groups in total. The van der Waals surface area contributed by atoms with E-state index in [9.17, 15) is 9.59 Å². The van der Waals surface area contributed by atoms with Crippen LogP contribution in [0.3, 0.4) is 0 Å². The smallest absolute Gasteiger partial charge is 0.293 e. The predicted molar refractivity (Wildman–Crippen MR) is 118 cm³/mol. The molecule has 166 valence electrons. The molecule has 8 nitrogen and oxygen atoms in total. The number of aryl methyl sites for hydroxylation is 1. The SMILES string of the molecule is Cc1nc(C(=O)N2CCN(C(C)C(=O)N3CCCCC3)CC2)nn1-c1ccccc1Cl. The summed E-state index contributed by atoms with van der Waals surface area (Å²) in [4.78, 5) is 36.1. The van der Waals surface area contributed by atoms with Crippen LogP contribution in [0.5, 0.6) is 0 Å². The van der Waals surface area contributed by atoms with Crippen molar-refractivity contribution < 1.29 is 9.59 Å². The van der Waals surface area contributed by atoms with Gasteiger partial charge in [-0.05, 0) is 45.2 Å². The summed E-state index contributed by atoms with van der Waals surface area (Å²) in [6.45, 7) is 7.94. The van der Waals surface area contributed by atoms with E-state index in [1.165, 1.54) is 6.42 Å². The van der Waals surface area contributed by atoms with Crippen LogP contribution in [0.4, 0.5) is 0 Å². The van der Waals surface area contributed by atoms with Crippen molar-refractivity contribution in [2.75, 3.05) is 39.3 Å². The van der Waals surface area contributed by atoms with Crippen molar-refractivity contribution in [2.45, 2.75) is 39.2 Å². The summed E-state index contributed by atoms with van der Waals surface area (Å²) in [7, 11) is 0. The lowest BCUT2D eigenvalue weighted by Crippen LogP contribution is -2.56. The molecule has 9 heteroatoms. The number of para-hydroxylation sites is 1. The van der Waals surface area contributed by atoms with Gasteiger partial charge in [0.25, 0.3) is 5.91 Å². The molecule has 0 radical (unpaired) electrons. The summed E-state index contributed by atoms with van der Waals surface area (Å²) < 4.78 is 1.60. The number of nitrogens with zero attached hydrogens (tertiary/aromatic N) is 6. The van der Waals surface area contributed by atoms with Gasteiger partial charge in [-0.1, -0.05) is 23.7 Å². The van der Waals surface area contributed by atoms with Gasteiger partial charge >= 0.3 is 0 Å². The number of hydrogen-bond acceptors (Lipinski definition) is 5. The van der Waals surface area contributed by atoms with E-state index in [1.807, 2.05) is 30.0 Å². The average molecular weight is 445 g/mol. The molecule has 4 rings (SSSR count). The number of piperazine rings is 1. The molecule has 2 aromatic rings. The first kappa shape index (κ1) is 21.8. The summed E-state index contributed by atoms with van der Waals surface area (Å²) in [6.07, 6.45) is 3.39. The number of piperidine rings is 1. The topological polar surface area (TPSA) is 74.6 Å². The molecule has 2 fully saturated rings. The summed E-state index contributed by atoms with van der Waals surface area (Å²) >= 11 is 6.28. The number of benzene rings is 1. The van der Waals surface area contributed by atoms with Crippen molar-refractivity contribution >= 4 is 23.4 Å². The maximum atomic E-state index is 13.0. The second-order valence-electron chi connectivity index (χ2n) is 8.24. The first-order valence-corrected chi connectivity index (χ1v) is 11.3. The highest BCUT2D eigenvalue weighted by molar-refractivity contribution is 6.32. The molecular weight excluding hydrogens is 416 g/mol. The third-order valence-electron chi connectivity index (χ3n) is 6.22. The van der Waals surface area contributed by atoms with Gasteiger partial charge in [-0.3, -0.25) is 14.5 Å². The monoisotopic (exact) mass is 444 g/mol. The minimum absolute atomic E-state index is 0.157. The summed E-state index contributed by atoms with van der Waals surface area (Å²) in [5, 5.41) is 4.97. The van der Waals surface area contributed by atoms with Crippen molar-refractivity contribution in [3.63, 3.8) is 0 Å². The Morgan fingerprint density at radius 2 is 1.65 bits per heavy atom. The zero-order valence-corrected chi connectivity index (χ0v) is 18.9. The van der Waals surface area contributed by atoms with Crippen LogP contribution in [0.2, 0.25) is 5.02 Å². The molecule has 1 atom stereocenters. The van der Waals surface area contributed by atoms with Crippen LogP contribution in [0.1, 0.15) is 42.6 Å². The largest absolute Gasteiger partial charge is 0.341 e. The predicted octanol–water partition coefficient (Wildman–Crippen LogP) is 2.39. The normalized spacial score (nSPS) is 18.8. The first-order valence-electron chi connectivity index (χ1n) is 11.0. The van der Waals surface area contributed by atoms with Gasteiger partial charge in [-0.2, -0.15) is 0 Å². The van der Waals surface area contributed by atoms with Gasteiger partial charge in [0, 0.05) is 39.3 Å². The highest BCUT2D eigenvalue weighted by atomic mass is 35.5. The van der Waals surface area contributed by atoms with Gasteiger partial charge in [0.15, 0.2) is 0 Å². The third-order valence-corrected chi connectivity index (χ3v) is 6.53. The second kappa shape index (κ2) is 9.36. The van der Waals surface area contributed by atoms with Gasteiger partial charge in [-0.25, -0.2) is 9.67 Å². The Morgan fingerprint density at radius 1 is 0.968 bits per heavy atom. The van der Waals surface area contributed by atoms with Gasteiger partial charge in [0.1, 0.15) is 5.82 Å². The van der Waals surface area contributed by atoms with Crippen LogP contribution in [-0.2, 0) is 4.79 Å². The lowest BCUT2D eigenvalue weighted by molar-refractivity contribution is -0.137. The average Bonchev–Trinajstić information content (AvgIpc) is 3.20. The number of aromatic nitrogens is 3. The standard InChI is InChI=1S/C22H29ClN6O2/c1-16(21(30)27-10-6-3-7-11-27)26-12-14-28(15-13-26)22(31)20-24-17(2)29(25-20)19-9-5-4-8-18(19)23/h4-5,8-9,16H,3,6-7,10-15H2,1-2H3. The Bertz CT molecular complexity index is 947. The van der Waals surface area contributed by atoms with E-state index >= 15 is 0 Å². The van der Waals surface area contributed by atoms with Gasteiger partial charge in [0.2, 0.25) is 11.7 Å². The minimum Gasteiger partial charge on any atom is -0.341 e. The molecule has 0 saturated carbocycles. The molecule has 1 unspecified atom stereocenters. The van der Waals surface area contributed by atoms with Crippen molar-refractivity contribution in [1.82, 2.24) is 29.5 Å². The molecule has 2 aliphatic rings. The van der Waals surface area contributed by atoms with E-state index in [1.54, 1.807) is 22.6 Å². The number of likely N-dealkylation sites (tertiary alicyclic amines) is 1. The van der Waals surface area contributed by atoms with Gasteiger partial charge in [0.05, 0.1) is 16.8 Å². The number of carbonyl (C=O) groups is 2. The van der Waals surface area contributed by atoms with Crippen LogP contribution >= 0.6 is 11.6 Å². The quantitative estimate of drug-likeness (QED) is 0.723. The molecular formula is C22H29ClN6O2. The molecule has 2 saturated heterocycles. The fraction of sp³-hybridized carbons (Fsp3) is 0.545. The Balaban J connectivity index is 1.38. The van der Waals surface area contributed by atoms with Crippen LogP contribution in [-0.4, -0.2) is 86.6 Å². The molecule has 31 heavy (non-hydrogen) atoms. The van der Waals surface area contributed by atoms with E-state index in [2.05, 4.69) is 15.0 Å². The highest BCUT2D eigenvalue weighted by Gasteiger charge is 2.31. The van der Waals surface area contributed by atoms with Crippen LogP contribution < -0.4 is 0 Å². The van der Waals surface area contributed by atoms with Gasteiger partial charge in [-0.15, -0.1) is 5.10 Å². The zero-order chi connectivity index (χ0) is 22.0. The van der Waals surface area contributed by atoms with Crippen molar-refractivity contribution in [3.05, 3.63) is 40.9 Å². The Labute approximate surface area is 187 Å². The summed E-state index contributed by atoms with van der Waals surface area (Å²) in [6, 6.07) is 7.19. The number of halogens is 1.